The van der Waals surface area contributed by atoms with E-state index in [1.54, 1.807) is 0 Å². The van der Waals surface area contributed by atoms with Crippen LogP contribution in [-0.2, 0) is 5.41 Å². The predicted octanol–water partition coefficient (Wildman–Crippen LogP) is 18.9. The van der Waals surface area contributed by atoms with E-state index < -0.39 is 5.41 Å². The quantitative estimate of drug-likeness (QED) is 0.156. The number of benzene rings is 13. The van der Waals surface area contributed by atoms with Crippen molar-refractivity contribution in [2.75, 3.05) is 4.90 Å². The van der Waals surface area contributed by atoms with Crippen LogP contribution in [0.4, 0.5) is 17.1 Å². The third-order valence-corrected chi connectivity index (χ3v) is 16.4. The predicted molar refractivity (Wildman–Crippen MR) is 307 cm³/mol. The topological polar surface area (TPSA) is 8.17 Å². The normalized spacial score (nSPS) is 14.4. The molecular weight excluding hydrogens is 881 g/mol. The third kappa shape index (κ3) is 5.47. The Labute approximate surface area is 422 Å². The van der Waals surface area contributed by atoms with Crippen LogP contribution in [-0.4, -0.2) is 4.57 Å². The molecule has 1 aliphatic carbocycles. The molecule has 1 atom stereocenters. The molecular formula is C71H44N2. The Hall–Kier alpha value is -9.50. The Morgan fingerprint density at radius 2 is 0.767 bits per heavy atom. The molecule has 2 nitrogen and oxygen atoms in total. The number of hydrogen-bond donors (Lipinski definition) is 0. The number of anilines is 3. The maximum absolute atomic E-state index is 2.54. The second-order valence-corrected chi connectivity index (χ2v) is 19.8. The molecule has 2 heteroatoms. The van der Waals surface area contributed by atoms with Gasteiger partial charge in [-0.05, 0) is 136 Å². The van der Waals surface area contributed by atoms with Crippen LogP contribution in [0, 0.1) is 0 Å². The minimum atomic E-state index is -0.604. The van der Waals surface area contributed by atoms with E-state index in [-0.39, 0.29) is 0 Å². The van der Waals surface area contributed by atoms with Gasteiger partial charge >= 0.3 is 0 Å². The Bertz CT molecular complexity index is 4610. The van der Waals surface area contributed by atoms with Crippen molar-refractivity contribution in [3.05, 3.63) is 289 Å². The van der Waals surface area contributed by atoms with E-state index >= 15 is 0 Å². The SMILES string of the molecule is c1ccc(-c2cccc3ccccc23)c(-c2ccccc2N(c2ccc3c(c2)C2(c4ccccc4-3)c3ccccc3-n3c4ccccc4c4cccc2c43)c2ccc3c4ccccc4c4ccccc4c3c2)c1. The van der Waals surface area contributed by atoms with Crippen LogP contribution in [0.15, 0.2) is 267 Å². The molecule has 0 fully saturated rings. The molecule has 1 unspecified atom stereocenters. The van der Waals surface area contributed by atoms with E-state index in [9.17, 15) is 0 Å². The second-order valence-electron chi connectivity index (χ2n) is 19.8. The highest BCUT2D eigenvalue weighted by molar-refractivity contribution is 6.26. The molecule has 1 spiro atoms. The summed E-state index contributed by atoms with van der Waals surface area (Å²) in [5.41, 5.74) is 18.9. The molecule has 0 bridgehead atoms. The number of rotatable bonds is 5. The Kier molecular flexibility index (Phi) is 8.41. The molecule has 0 radical (unpaired) electrons. The zero-order chi connectivity index (χ0) is 47.8. The Balaban J connectivity index is 1.01. The van der Waals surface area contributed by atoms with Gasteiger partial charge in [-0.15, -0.1) is 0 Å². The molecule has 2 aliphatic rings. The van der Waals surface area contributed by atoms with Crippen molar-refractivity contribution in [2.24, 2.45) is 0 Å². The zero-order valence-electron chi connectivity index (χ0n) is 39.8. The van der Waals surface area contributed by atoms with E-state index in [1.807, 2.05) is 0 Å². The lowest BCUT2D eigenvalue weighted by Gasteiger charge is -2.40. The fraction of sp³-hybridized carbons (Fsp3) is 0.0141. The van der Waals surface area contributed by atoms with Crippen LogP contribution in [0.25, 0.3) is 104 Å². The average molecular weight is 925 g/mol. The van der Waals surface area contributed by atoms with Gasteiger partial charge in [0.05, 0.1) is 27.8 Å². The van der Waals surface area contributed by atoms with Gasteiger partial charge in [0.25, 0.3) is 0 Å². The minimum Gasteiger partial charge on any atom is -0.310 e. The first-order valence-electron chi connectivity index (χ1n) is 25.4. The number of fused-ring (bicyclic) bond motifs is 19. The summed E-state index contributed by atoms with van der Waals surface area (Å²) in [7, 11) is 0. The molecule has 73 heavy (non-hydrogen) atoms. The molecule has 14 aromatic rings. The lowest BCUT2D eigenvalue weighted by atomic mass is 9.65. The molecule has 0 saturated carbocycles. The first-order chi connectivity index (χ1) is 36.3. The summed E-state index contributed by atoms with van der Waals surface area (Å²) < 4.78 is 2.53. The second kappa shape index (κ2) is 15.3. The summed E-state index contributed by atoms with van der Waals surface area (Å²) >= 11 is 0. The van der Waals surface area contributed by atoms with Gasteiger partial charge in [-0.2, -0.15) is 0 Å². The highest BCUT2D eigenvalue weighted by Crippen LogP contribution is 2.62. The van der Waals surface area contributed by atoms with Crippen molar-refractivity contribution in [3.63, 3.8) is 0 Å². The summed E-state index contributed by atoms with van der Waals surface area (Å²) in [5, 5.41) is 12.6. The van der Waals surface area contributed by atoms with Gasteiger partial charge in [0.2, 0.25) is 0 Å². The summed E-state index contributed by atoms with van der Waals surface area (Å²) in [5.74, 6) is 0. The number of aromatic nitrogens is 1. The van der Waals surface area contributed by atoms with Crippen LogP contribution in [0.2, 0.25) is 0 Å². The van der Waals surface area contributed by atoms with Gasteiger partial charge in [-0.1, -0.05) is 224 Å². The van der Waals surface area contributed by atoms with E-state index in [2.05, 4.69) is 276 Å². The van der Waals surface area contributed by atoms with E-state index in [0.717, 1.165) is 22.6 Å². The average Bonchev–Trinajstić information content (AvgIpc) is 3.96. The monoisotopic (exact) mass is 924 g/mol. The summed E-state index contributed by atoms with van der Waals surface area (Å²) in [6, 6.07) is 100. The van der Waals surface area contributed by atoms with Crippen molar-refractivity contribution in [1.82, 2.24) is 4.57 Å². The first kappa shape index (κ1) is 40.3. The molecule has 338 valence electrons. The molecule has 2 heterocycles. The fourth-order valence-corrected chi connectivity index (χ4v) is 13.5. The molecule has 0 amide bonds. The summed E-state index contributed by atoms with van der Waals surface area (Å²) in [6.07, 6.45) is 0. The van der Waals surface area contributed by atoms with Gasteiger partial charge in [-0.3, -0.25) is 0 Å². The van der Waals surface area contributed by atoms with Gasteiger partial charge in [-0.25, -0.2) is 0 Å². The molecule has 16 rings (SSSR count). The van der Waals surface area contributed by atoms with E-state index in [1.165, 1.54) is 121 Å². The molecule has 0 saturated heterocycles. The van der Waals surface area contributed by atoms with Crippen LogP contribution < -0.4 is 4.90 Å². The Morgan fingerprint density at radius 3 is 1.56 bits per heavy atom. The standard InChI is InChI=1S/C71H44N2/c1-2-21-48-45(19-1)20-17-31-49(48)50-22-5-7-26-54(50)59-29-10-14-36-67(59)72(46-39-41-56-53-25-4-3-23-51(53)52-24-6-8-27-55(52)62(56)43-46)47-40-42-58-57-28-9-12-33-63(57)71(66(58)44-47)64-34-13-16-38-69(64)73-68-37-15-11-30-60(68)61-32-18-35-65(71)70(61)73/h1-44H. The highest BCUT2D eigenvalue weighted by atomic mass is 15.1. The highest BCUT2D eigenvalue weighted by Gasteiger charge is 2.51. The number of nitrogens with zero attached hydrogens (tertiary/aromatic N) is 2. The van der Waals surface area contributed by atoms with Gasteiger partial charge in [0, 0.05) is 27.7 Å². The lowest BCUT2D eigenvalue weighted by Crippen LogP contribution is -2.33. The fourth-order valence-electron chi connectivity index (χ4n) is 13.5. The molecule has 0 N–H and O–H groups in total. The Morgan fingerprint density at radius 1 is 0.274 bits per heavy atom. The smallest absolute Gasteiger partial charge is 0.0755 e. The van der Waals surface area contributed by atoms with Crippen molar-refractivity contribution >= 4 is 82.0 Å². The van der Waals surface area contributed by atoms with E-state index in [0.29, 0.717) is 0 Å². The van der Waals surface area contributed by atoms with Crippen molar-refractivity contribution in [2.45, 2.75) is 5.41 Å². The number of para-hydroxylation sites is 4. The van der Waals surface area contributed by atoms with Crippen LogP contribution >= 0.6 is 0 Å². The van der Waals surface area contributed by atoms with Gasteiger partial charge < -0.3 is 9.47 Å². The van der Waals surface area contributed by atoms with Gasteiger partial charge in [0.15, 0.2) is 0 Å². The lowest BCUT2D eigenvalue weighted by molar-refractivity contribution is 0.748. The molecule has 1 aromatic heterocycles. The minimum absolute atomic E-state index is 0.604. The van der Waals surface area contributed by atoms with Crippen LogP contribution in [0.3, 0.4) is 0 Å². The molecule has 13 aromatic carbocycles. The van der Waals surface area contributed by atoms with Crippen LogP contribution in [0.1, 0.15) is 22.3 Å². The van der Waals surface area contributed by atoms with Crippen molar-refractivity contribution < 1.29 is 0 Å². The summed E-state index contributed by atoms with van der Waals surface area (Å²) in [4.78, 5) is 2.54. The third-order valence-electron chi connectivity index (χ3n) is 16.4. The van der Waals surface area contributed by atoms with Gasteiger partial charge in [0.1, 0.15) is 0 Å². The maximum atomic E-state index is 2.54. The van der Waals surface area contributed by atoms with Crippen molar-refractivity contribution in [1.29, 1.82) is 0 Å². The van der Waals surface area contributed by atoms with Crippen LogP contribution in [0.5, 0.6) is 0 Å². The maximum Gasteiger partial charge on any atom is 0.0755 e. The van der Waals surface area contributed by atoms with Crippen molar-refractivity contribution in [3.8, 4) is 39.1 Å². The largest absolute Gasteiger partial charge is 0.310 e. The zero-order valence-corrected chi connectivity index (χ0v) is 39.8. The number of hydrogen-bond acceptors (Lipinski definition) is 1. The molecule has 1 aliphatic heterocycles. The first-order valence-corrected chi connectivity index (χ1v) is 25.4. The van der Waals surface area contributed by atoms with E-state index in [4.69, 9.17) is 0 Å². The summed E-state index contributed by atoms with van der Waals surface area (Å²) in [6.45, 7) is 0.